The van der Waals surface area contributed by atoms with Crippen LogP contribution in [0.3, 0.4) is 0 Å². The Labute approximate surface area is 133 Å². The number of hydrogen-bond acceptors (Lipinski definition) is 3. The fourth-order valence-corrected chi connectivity index (χ4v) is 3.08. The van der Waals surface area contributed by atoms with Gasteiger partial charge in [0.1, 0.15) is 5.82 Å². The van der Waals surface area contributed by atoms with E-state index in [0.717, 1.165) is 18.9 Å². The molecule has 1 aliphatic heterocycles. The molecule has 2 N–H and O–H groups in total. The molecule has 6 heteroatoms. The Kier molecular flexibility index (Phi) is 4.22. The first-order chi connectivity index (χ1) is 10.1. The third-order valence-corrected chi connectivity index (χ3v) is 4.28. The zero-order valence-electron chi connectivity index (χ0n) is 11.4. The van der Waals surface area contributed by atoms with Crippen LogP contribution in [0.1, 0.15) is 24.2 Å². The lowest BCUT2D eigenvalue weighted by atomic mass is 9.85. The van der Waals surface area contributed by atoms with Gasteiger partial charge in [-0.05, 0) is 25.0 Å². The Morgan fingerprint density at radius 2 is 2.24 bits per heavy atom. The smallest absolute Gasteiger partial charge is 0.109 e. The van der Waals surface area contributed by atoms with Gasteiger partial charge in [0.15, 0.2) is 0 Å². The molecule has 0 spiro atoms. The number of aromatic nitrogens is 2. The highest BCUT2D eigenvalue weighted by molar-refractivity contribution is 6.35. The minimum Gasteiger partial charge on any atom is -0.385 e. The van der Waals surface area contributed by atoms with Gasteiger partial charge in [-0.2, -0.15) is 0 Å². The van der Waals surface area contributed by atoms with E-state index in [4.69, 9.17) is 27.9 Å². The number of aliphatic hydroxyl groups is 1. The maximum atomic E-state index is 11.2. The Bertz CT molecular complexity index is 614. The predicted octanol–water partition coefficient (Wildman–Crippen LogP) is 3.33. The molecule has 0 radical (unpaired) electrons. The van der Waals surface area contributed by atoms with Gasteiger partial charge in [0.05, 0.1) is 18.3 Å². The monoisotopic (exact) mass is 326 g/mol. The molecule has 0 aliphatic carbocycles. The molecule has 3 rings (SSSR count). The molecule has 0 saturated carbocycles. The molecule has 112 valence electrons. The minimum absolute atomic E-state index is 0.249. The van der Waals surface area contributed by atoms with Crippen LogP contribution in [0.4, 0.5) is 0 Å². The van der Waals surface area contributed by atoms with Gasteiger partial charge in [-0.15, -0.1) is 0 Å². The number of aromatic amines is 1. The first-order valence-corrected chi connectivity index (χ1v) is 7.60. The number of rotatable bonds is 6. The molecular formula is C15H16Cl2N2O2. The van der Waals surface area contributed by atoms with Crippen LogP contribution in [-0.4, -0.2) is 27.8 Å². The van der Waals surface area contributed by atoms with Gasteiger partial charge in [0.25, 0.3) is 0 Å². The fourth-order valence-electron chi connectivity index (χ4n) is 2.49. The summed E-state index contributed by atoms with van der Waals surface area (Å²) >= 11 is 12.2. The molecule has 0 bridgehead atoms. The second kappa shape index (κ2) is 5.97. The molecule has 1 saturated heterocycles. The van der Waals surface area contributed by atoms with Crippen LogP contribution >= 0.6 is 23.2 Å². The summed E-state index contributed by atoms with van der Waals surface area (Å²) in [5.74, 6) is 0.722. The van der Waals surface area contributed by atoms with Crippen molar-refractivity contribution in [1.82, 2.24) is 9.97 Å². The van der Waals surface area contributed by atoms with E-state index in [1.807, 2.05) is 0 Å². The summed E-state index contributed by atoms with van der Waals surface area (Å²) in [4.78, 5) is 7.23. The molecule has 4 nitrogen and oxygen atoms in total. The molecule has 0 amide bonds. The highest BCUT2D eigenvalue weighted by Crippen LogP contribution is 2.37. The highest BCUT2D eigenvalue weighted by Gasteiger charge is 2.35. The van der Waals surface area contributed by atoms with E-state index >= 15 is 0 Å². The van der Waals surface area contributed by atoms with Gasteiger partial charge in [0.2, 0.25) is 0 Å². The number of epoxide rings is 1. The molecule has 21 heavy (non-hydrogen) atoms. The summed E-state index contributed by atoms with van der Waals surface area (Å²) in [6.45, 7) is 0.769. The fraction of sp³-hybridized carbons (Fsp3) is 0.400. The maximum Gasteiger partial charge on any atom is 0.109 e. The average Bonchev–Trinajstić information content (AvgIpc) is 3.14. The van der Waals surface area contributed by atoms with Crippen LogP contribution in [-0.2, 0) is 16.8 Å². The highest BCUT2D eigenvalue weighted by atomic mass is 35.5. The van der Waals surface area contributed by atoms with Gasteiger partial charge in [-0.25, -0.2) is 4.98 Å². The van der Waals surface area contributed by atoms with Gasteiger partial charge in [0, 0.05) is 34.4 Å². The van der Waals surface area contributed by atoms with Crippen LogP contribution in [0.5, 0.6) is 0 Å². The van der Waals surface area contributed by atoms with Crippen molar-refractivity contribution in [2.45, 2.75) is 31.0 Å². The first kappa shape index (κ1) is 14.9. The van der Waals surface area contributed by atoms with Crippen LogP contribution in [0, 0.1) is 0 Å². The number of nitrogens with zero attached hydrogens (tertiary/aromatic N) is 1. The summed E-state index contributed by atoms with van der Waals surface area (Å²) in [5, 5.41) is 12.2. The Hall–Kier alpha value is -1.07. The van der Waals surface area contributed by atoms with Crippen LogP contribution in [0.25, 0.3) is 0 Å². The van der Waals surface area contributed by atoms with Gasteiger partial charge >= 0.3 is 0 Å². The third-order valence-electron chi connectivity index (χ3n) is 3.73. The lowest BCUT2D eigenvalue weighted by Crippen LogP contribution is -2.30. The summed E-state index contributed by atoms with van der Waals surface area (Å²) in [6, 6.07) is 5.17. The first-order valence-electron chi connectivity index (χ1n) is 6.84. The van der Waals surface area contributed by atoms with Gasteiger partial charge in [-0.1, -0.05) is 29.3 Å². The van der Waals surface area contributed by atoms with Crippen molar-refractivity contribution in [2.75, 3.05) is 6.61 Å². The number of benzene rings is 1. The SMILES string of the molecule is OC(CCC1CO1)(Cc1ncc[nH]1)c1ccc(Cl)cc1Cl. The molecule has 1 aromatic heterocycles. The number of hydrogen-bond donors (Lipinski definition) is 2. The largest absolute Gasteiger partial charge is 0.385 e. The zero-order chi connectivity index (χ0) is 14.9. The van der Waals surface area contributed by atoms with Crippen molar-refractivity contribution in [3.63, 3.8) is 0 Å². The molecule has 2 heterocycles. The van der Waals surface area contributed by atoms with E-state index in [1.54, 1.807) is 30.6 Å². The van der Waals surface area contributed by atoms with Crippen LogP contribution < -0.4 is 0 Å². The summed E-state index contributed by atoms with van der Waals surface area (Å²) in [7, 11) is 0. The summed E-state index contributed by atoms with van der Waals surface area (Å²) in [6.07, 6.45) is 5.37. The van der Waals surface area contributed by atoms with Crippen molar-refractivity contribution in [1.29, 1.82) is 0 Å². The van der Waals surface area contributed by atoms with E-state index in [-0.39, 0.29) is 6.10 Å². The number of halogens is 2. The van der Waals surface area contributed by atoms with Gasteiger partial charge < -0.3 is 14.8 Å². The molecule has 1 fully saturated rings. The second-order valence-electron chi connectivity index (χ2n) is 5.36. The predicted molar refractivity (Wildman–Crippen MR) is 81.6 cm³/mol. The van der Waals surface area contributed by atoms with Crippen molar-refractivity contribution in [2.24, 2.45) is 0 Å². The van der Waals surface area contributed by atoms with E-state index < -0.39 is 5.60 Å². The number of nitrogens with one attached hydrogen (secondary N) is 1. The third kappa shape index (κ3) is 3.58. The zero-order valence-corrected chi connectivity index (χ0v) is 12.9. The van der Waals surface area contributed by atoms with E-state index in [9.17, 15) is 5.11 Å². The minimum atomic E-state index is -1.09. The average molecular weight is 327 g/mol. The summed E-state index contributed by atoms with van der Waals surface area (Å²) < 4.78 is 5.24. The van der Waals surface area contributed by atoms with E-state index in [1.165, 1.54) is 0 Å². The van der Waals surface area contributed by atoms with Crippen LogP contribution in [0.2, 0.25) is 10.0 Å². The van der Waals surface area contributed by atoms with E-state index in [0.29, 0.717) is 28.5 Å². The molecule has 1 aliphatic rings. The molecule has 2 unspecified atom stereocenters. The standard InChI is InChI=1S/C15H16Cl2N2O2/c16-10-1-2-12(13(17)7-10)15(20,4-3-11-9-21-11)8-14-18-5-6-19-14/h1-2,5-7,11,20H,3-4,8-9H2,(H,18,19). The lowest BCUT2D eigenvalue weighted by molar-refractivity contribution is 0.0219. The van der Waals surface area contributed by atoms with Crippen molar-refractivity contribution in [3.05, 3.63) is 52.0 Å². The Morgan fingerprint density at radius 3 is 2.86 bits per heavy atom. The Morgan fingerprint density at radius 1 is 1.43 bits per heavy atom. The quantitative estimate of drug-likeness (QED) is 0.800. The number of ether oxygens (including phenoxy) is 1. The van der Waals surface area contributed by atoms with Gasteiger partial charge in [-0.3, -0.25) is 0 Å². The van der Waals surface area contributed by atoms with Crippen molar-refractivity contribution >= 4 is 23.2 Å². The van der Waals surface area contributed by atoms with Crippen molar-refractivity contribution < 1.29 is 9.84 Å². The maximum absolute atomic E-state index is 11.2. The lowest BCUT2D eigenvalue weighted by Gasteiger charge is -2.29. The molecule has 1 aromatic carbocycles. The topological polar surface area (TPSA) is 61.4 Å². The molecule has 2 aromatic rings. The molecule has 2 atom stereocenters. The van der Waals surface area contributed by atoms with Crippen LogP contribution in [0.15, 0.2) is 30.6 Å². The number of imidazole rings is 1. The van der Waals surface area contributed by atoms with Crippen molar-refractivity contribution in [3.8, 4) is 0 Å². The second-order valence-corrected chi connectivity index (χ2v) is 6.21. The molecular weight excluding hydrogens is 311 g/mol. The van der Waals surface area contributed by atoms with E-state index in [2.05, 4.69) is 9.97 Å². The normalized spacial score (nSPS) is 20.2. The number of H-pyrrole nitrogens is 1. The Balaban J connectivity index is 1.89. The summed E-state index contributed by atoms with van der Waals surface area (Å²) in [5.41, 5.74) is -0.420.